The molecule has 0 saturated carbocycles. The van der Waals surface area contributed by atoms with Gasteiger partial charge in [-0.05, 0) is 63.4 Å². The summed E-state index contributed by atoms with van der Waals surface area (Å²) in [5.41, 5.74) is -2.29. The van der Waals surface area contributed by atoms with Crippen LogP contribution >= 0.6 is 0 Å². The summed E-state index contributed by atoms with van der Waals surface area (Å²) in [7, 11) is 1.62. The van der Waals surface area contributed by atoms with Crippen LogP contribution < -0.4 is 25.4 Å². The first-order valence-electron chi connectivity index (χ1n) is 10.6. The molecule has 2 rings (SSSR count). The van der Waals surface area contributed by atoms with Crippen molar-refractivity contribution in [1.29, 1.82) is 0 Å². The van der Waals surface area contributed by atoms with Crippen molar-refractivity contribution in [2.45, 2.75) is 50.7 Å². The second kappa shape index (κ2) is 13.0. The molecule has 1 unspecified atom stereocenters. The second-order valence-corrected chi connectivity index (χ2v) is 8.67. The number of aliphatic hydroxyl groups is 1. The first-order chi connectivity index (χ1) is 15.8. The first kappa shape index (κ1) is 29.0. The molecule has 0 radical (unpaired) electrons. The number of ketones is 1. The molecule has 0 aromatic heterocycles. The smallest absolute Gasteiger partial charge is 0.176 e. The van der Waals surface area contributed by atoms with Crippen molar-refractivity contribution in [2.75, 3.05) is 26.8 Å². The topological polar surface area (TPSA) is 188 Å². The maximum Gasteiger partial charge on any atom is 0.176 e. The minimum atomic E-state index is -2.97. The molecule has 34 heavy (non-hydrogen) atoms. The zero-order chi connectivity index (χ0) is 25.9. The van der Waals surface area contributed by atoms with Gasteiger partial charge in [0.05, 0.1) is 25.2 Å². The Hall–Kier alpha value is -3.02. The lowest BCUT2D eigenvalue weighted by molar-refractivity contribution is -0.339. The van der Waals surface area contributed by atoms with Crippen molar-refractivity contribution < 1.29 is 49.1 Å². The van der Waals surface area contributed by atoms with Gasteiger partial charge >= 0.3 is 0 Å². The third-order valence-electron chi connectivity index (χ3n) is 5.18. The number of carbonyl (C=O) groups is 4. The average Bonchev–Trinajstić information content (AvgIpc) is 2.72. The van der Waals surface area contributed by atoms with Crippen LogP contribution in [0.4, 0.5) is 0 Å². The molecular weight excluding hydrogens is 450 g/mol. The molecule has 1 saturated heterocycles. The van der Waals surface area contributed by atoms with Crippen molar-refractivity contribution in [2.24, 2.45) is 5.92 Å². The fourth-order valence-corrected chi connectivity index (χ4v) is 3.49. The van der Waals surface area contributed by atoms with E-state index in [0.29, 0.717) is 12.5 Å². The van der Waals surface area contributed by atoms with E-state index in [2.05, 4.69) is 19.2 Å². The maximum absolute atomic E-state index is 12.1. The van der Waals surface area contributed by atoms with E-state index in [1.54, 1.807) is 19.2 Å². The number of carbonyl (C=O) groups excluding carboxylic acids is 4. The fraction of sp³-hybridized carbons (Fsp3) is 0.565. The summed E-state index contributed by atoms with van der Waals surface area (Å²) in [6.45, 7) is 6.31. The quantitative estimate of drug-likeness (QED) is 0.317. The number of hydrogen-bond acceptors (Lipinski definition) is 11. The standard InChI is InChI=1S/C17H25NO3.C6H8O7/c1-17(2)10-13(8-9-21-17)11-18-12-16(19)14-4-6-15(20-3)7-5-14;7-3(8)1-6(13,5(11)12)2-4(9)10/h4-7,13,18H,8-12H2,1-3H3;13H,1-2H2,(H,7,8)(H,9,10)(H,11,12)/p-3. The van der Waals surface area contributed by atoms with E-state index in [0.717, 1.165) is 37.3 Å². The van der Waals surface area contributed by atoms with E-state index in [1.807, 2.05) is 12.1 Å². The molecule has 0 aliphatic carbocycles. The zero-order valence-electron chi connectivity index (χ0n) is 19.5. The molecule has 190 valence electrons. The number of benzene rings is 1. The van der Waals surface area contributed by atoms with E-state index in [-0.39, 0.29) is 11.4 Å². The number of rotatable bonds is 11. The molecule has 1 aliphatic heterocycles. The summed E-state index contributed by atoms with van der Waals surface area (Å²) in [6, 6.07) is 7.24. The van der Waals surface area contributed by atoms with Gasteiger partial charge in [0.25, 0.3) is 0 Å². The molecule has 0 spiro atoms. The van der Waals surface area contributed by atoms with E-state index >= 15 is 0 Å². The van der Waals surface area contributed by atoms with Gasteiger partial charge in [0.15, 0.2) is 5.78 Å². The summed E-state index contributed by atoms with van der Waals surface area (Å²) in [5.74, 6) is -4.52. The van der Waals surface area contributed by atoms with Crippen LogP contribution in [0.3, 0.4) is 0 Å². The zero-order valence-corrected chi connectivity index (χ0v) is 19.5. The molecule has 1 aliphatic rings. The highest BCUT2D eigenvalue weighted by molar-refractivity contribution is 5.97. The number of Topliss-reactive ketones (excluding diaryl/α,β-unsaturated/α-hetero) is 1. The highest BCUT2D eigenvalue weighted by atomic mass is 16.5. The minimum Gasteiger partial charge on any atom is -0.550 e. The van der Waals surface area contributed by atoms with Crippen LogP contribution in [0.15, 0.2) is 24.3 Å². The number of ether oxygens (including phenoxy) is 2. The normalized spacial score (nSPS) is 17.1. The molecule has 1 heterocycles. The van der Waals surface area contributed by atoms with E-state index in [4.69, 9.17) is 14.6 Å². The molecule has 1 fully saturated rings. The number of hydrogen-bond donors (Lipinski definition) is 2. The van der Waals surface area contributed by atoms with Crippen molar-refractivity contribution >= 4 is 23.7 Å². The molecule has 0 bridgehead atoms. The van der Waals surface area contributed by atoms with Crippen LogP contribution in [0.1, 0.15) is 49.9 Å². The van der Waals surface area contributed by atoms with Gasteiger partial charge in [-0.2, -0.15) is 0 Å². The highest BCUT2D eigenvalue weighted by Gasteiger charge is 2.29. The third-order valence-corrected chi connectivity index (χ3v) is 5.18. The van der Waals surface area contributed by atoms with Gasteiger partial charge in [-0.25, -0.2) is 0 Å². The van der Waals surface area contributed by atoms with Crippen molar-refractivity contribution in [3.63, 3.8) is 0 Å². The Morgan fingerprint density at radius 3 is 2.12 bits per heavy atom. The predicted octanol–water partition coefficient (Wildman–Crippen LogP) is -2.58. The van der Waals surface area contributed by atoms with E-state index in [9.17, 15) is 34.5 Å². The number of carboxylic acid groups (broad SMARTS) is 3. The fourth-order valence-electron chi connectivity index (χ4n) is 3.49. The molecule has 2 N–H and O–H groups in total. The summed E-state index contributed by atoms with van der Waals surface area (Å²) in [4.78, 5) is 42.1. The molecule has 11 nitrogen and oxygen atoms in total. The minimum absolute atomic E-state index is 0.0371. The summed E-state index contributed by atoms with van der Waals surface area (Å²) < 4.78 is 10.8. The van der Waals surface area contributed by atoms with Crippen molar-refractivity contribution in [1.82, 2.24) is 5.32 Å². The molecule has 0 amide bonds. The van der Waals surface area contributed by atoms with Crippen LogP contribution in [0.25, 0.3) is 0 Å². The Kier molecular flexibility index (Phi) is 11.1. The lowest BCUT2D eigenvalue weighted by Crippen LogP contribution is -2.54. The van der Waals surface area contributed by atoms with Crippen LogP contribution in [-0.4, -0.2) is 66.8 Å². The largest absolute Gasteiger partial charge is 0.550 e. The van der Waals surface area contributed by atoms with Crippen molar-refractivity contribution in [3.05, 3.63) is 29.8 Å². The van der Waals surface area contributed by atoms with Gasteiger partial charge in [-0.1, -0.05) is 0 Å². The highest BCUT2D eigenvalue weighted by Crippen LogP contribution is 2.27. The molecule has 11 heteroatoms. The van der Waals surface area contributed by atoms with Crippen LogP contribution in [-0.2, 0) is 19.1 Å². The maximum atomic E-state index is 12.1. The Morgan fingerprint density at radius 1 is 1.12 bits per heavy atom. The van der Waals surface area contributed by atoms with Gasteiger partial charge in [-0.15, -0.1) is 0 Å². The van der Waals surface area contributed by atoms with Crippen LogP contribution in [0, 0.1) is 5.92 Å². The van der Waals surface area contributed by atoms with Gasteiger partial charge < -0.3 is 49.6 Å². The molecular formula is C23H30NO10-3. The Balaban J connectivity index is 0.000000385. The van der Waals surface area contributed by atoms with Gasteiger partial charge in [0, 0.05) is 37.0 Å². The average molecular weight is 480 g/mol. The van der Waals surface area contributed by atoms with Gasteiger partial charge in [-0.3, -0.25) is 4.79 Å². The van der Waals surface area contributed by atoms with Crippen LogP contribution in [0.2, 0.25) is 0 Å². The molecule has 1 aromatic rings. The second-order valence-electron chi connectivity index (χ2n) is 8.67. The number of aliphatic carboxylic acids is 3. The first-order valence-corrected chi connectivity index (χ1v) is 10.6. The SMILES string of the molecule is COc1ccc(C(=O)CNCC2CCOC(C)(C)C2)cc1.O=C([O-])CC(O)(CC(=O)[O-])C(=O)[O-]. The monoisotopic (exact) mass is 480 g/mol. The Bertz CT molecular complexity index is 834. The van der Waals surface area contributed by atoms with E-state index < -0.39 is 36.4 Å². The molecule has 1 aromatic carbocycles. The summed E-state index contributed by atoms with van der Waals surface area (Å²) in [5, 5.41) is 42.2. The van der Waals surface area contributed by atoms with E-state index in [1.165, 1.54) is 0 Å². The lowest BCUT2D eigenvalue weighted by Gasteiger charge is -2.35. The molecule has 1 atom stereocenters. The lowest BCUT2D eigenvalue weighted by atomic mass is 9.88. The van der Waals surface area contributed by atoms with Gasteiger partial charge in [0.1, 0.15) is 11.4 Å². The number of carboxylic acids is 3. The van der Waals surface area contributed by atoms with Gasteiger partial charge in [0.2, 0.25) is 0 Å². The summed E-state index contributed by atoms with van der Waals surface area (Å²) >= 11 is 0. The number of nitrogens with one attached hydrogen (secondary N) is 1. The predicted molar refractivity (Wildman–Crippen MR) is 112 cm³/mol. The van der Waals surface area contributed by atoms with Crippen molar-refractivity contribution in [3.8, 4) is 5.75 Å². The Morgan fingerprint density at radius 2 is 1.68 bits per heavy atom. The van der Waals surface area contributed by atoms with Crippen LogP contribution in [0.5, 0.6) is 5.75 Å². The Labute approximate surface area is 197 Å². The third kappa shape index (κ3) is 10.3. The summed E-state index contributed by atoms with van der Waals surface area (Å²) in [6.07, 6.45) is -0.615. The number of methoxy groups -OCH3 is 1.